The maximum Gasteiger partial charge on any atom is 0.0936 e. The van der Waals surface area contributed by atoms with Gasteiger partial charge in [0.05, 0.1) is 11.2 Å². The molecule has 1 aromatic heterocycles. The molecule has 1 aromatic carbocycles. The van der Waals surface area contributed by atoms with E-state index >= 15 is 0 Å². The number of para-hydroxylation sites is 1. The van der Waals surface area contributed by atoms with Crippen LogP contribution in [0.4, 0.5) is 5.69 Å². The van der Waals surface area contributed by atoms with E-state index in [0.717, 1.165) is 29.7 Å². The number of hydrogen-bond acceptors (Lipinski definition) is 2. The fourth-order valence-corrected chi connectivity index (χ4v) is 2.07. The van der Waals surface area contributed by atoms with Gasteiger partial charge in [-0.3, -0.25) is 4.98 Å². The Kier molecular flexibility index (Phi) is 3.62. The van der Waals surface area contributed by atoms with Crippen LogP contribution >= 0.6 is 0 Å². The second-order valence-corrected chi connectivity index (χ2v) is 4.49. The van der Waals surface area contributed by atoms with E-state index in [0.29, 0.717) is 6.04 Å². The molecule has 2 aromatic rings. The largest absolute Gasteiger partial charge is 0.381 e. The molecular formula is C15H20N2. The molecule has 0 spiro atoms. The molecule has 90 valence electrons. The second-order valence-electron chi connectivity index (χ2n) is 4.49. The van der Waals surface area contributed by atoms with Crippen molar-refractivity contribution >= 4 is 16.6 Å². The zero-order valence-electron chi connectivity index (χ0n) is 10.8. The van der Waals surface area contributed by atoms with Crippen LogP contribution in [0.15, 0.2) is 30.3 Å². The van der Waals surface area contributed by atoms with E-state index in [1.54, 1.807) is 0 Å². The number of nitrogens with one attached hydrogen (secondary N) is 1. The lowest BCUT2D eigenvalue weighted by Crippen LogP contribution is -2.17. The van der Waals surface area contributed by atoms with Crippen LogP contribution in [0.3, 0.4) is 0 Å². The highest BCUT2D eigenvalue weighted by Crippen LogP contribution is 2.23. The number of anilines is 1. The van der Waals surface area contributed by atoms with E-state index in [-0.39, 0.29) is 0 Å². The van der Waals surface area contributed by atoms with Gasteiger partial charge in [0, 0.05) is 17.1 Å². The Balaban J connectivity index is 2.42. The zero-order valence-corrected chi connectivity index (χ0v) is 10.8. The van der Waals surface area contributed by atoms with Gasteiger partial charge in [-0.2, -0.15) is 0 Å². The van der Waals surface area contributed by atoms with Gasteiger partial charge in [-0.05, 0) is 31.9 Å². The number of pyridine rings is 1. The van der Waals surface area contributed by atoms with E-state index in [4.69, 9.17) is 0 Å². The van der Waals surface area contributed by atoms with Gasteiger partial charge in [-0.15, -0.1) is 0 Å². The highest BCUT2D eigenvalue weighted by atomic mass is 14.9. The van der Waals surface area contributed by atoms with Gasteiger partial charge in [0.25, 0.3) is 0 Å². The Labute approximate surface area is 103 Å². The fourth-order valence-electron chi connectivity index (χ4n) is 2.07. The molecule has 1 heterocycles. The summed E-state index contributed by atoms with van der Waals surface area (Å²) < 4.78 is 0. The Morgan fingerprint density at radius 1 is 1.12 bits per heavy atom. The van der Waals surface area contributed by atoms with Gasteiger partial charge in [0.1, 0.15) is 0 Å². The molecule has 0 unspecified atom stereocenters. The number of benzene rings is 1. The maximum atomic E-state index is 4.63. The van der Waals surface area contributed by atoms with Crippen molar-refractivity contribution < 1.29 is 0 Å². The molecule has 0 aliphatic heterocycles. The van der Waals surface area contributed by atoms with Gasteiger partial charge in [0.2, 0.25) is 0 Å². The number of rotatable bonds is 4. The van der Waals surface area contributed by atoms with Crippen molar-refractivity contribution in [3.63, 3.8) is 0 Å². The van der Waals surface area contributed by atoms with Crippen molar-refractivity contribution in [1.29, 1.82) is 0 Å². The van der Waals surface area contributed by atoms with Crippen LogP contribution in [0.2, 0.25) is 0 Å². The first-order chi connectivity index (χ1) is 8.24. The Morgan fingerprint density at radius 3 is 2.59 bits per heavy atom. The molecule has 17 heavy (non-hydrogen) atoms. The molecule has 0 saturated carbocycles. The summed E-state index contributed by atoms with van der Waals surface area (Å²) in [6.07, 6.45) is 2.28. The van der Waals surface area contributed by atoms with Crippen LogP contribution in [-0.4, -0.2) is 11.0 Å². The monoisotopic (exact) mass is 228 g/mol. The molecule has 2 nitrogen and oxygen atoms in total. The van der Waals surface area contributed by atoms with E-state index in [1.165, 1.54) is 5.39 Å². The van der Waals surface area contributed by atoms with Crippen molar-refractivity contribution in [3.8, 4) is 0 Å². The number of hydrogen-bond donors (Lipinski definition) is 1. The molecular weight excluding hydrogens is 208 g/mol. The highest BCUT2D eigenvalue weighted by molar-refractivity contribution is 5.90. The molecule has 0 amide bonds. The van der Waals surface area contributed by atoms with Gasteiger partial charge in [0.15, 0.2) is 0 Å². The van der Waals surface area contributed by atoms with Crippen LogP contribution in [0.1, 0.15) is 32.4 Å². The van der Waals surface area contributed by atoms with Crippen LogP contribution in [0.5, 0.6) is 0 Å². The minimum atomic E-state index is 0.530. The maximum absolute atomic E-state index is 4.63. The summed E-state index contributed by atoms with van der Waals surface area (Å²) in [7, 11) is 0. The molecule has 0 saturated heterocycles. The fraction of sp³-hybridized carbons (Fsp3) is 0.400. The second kappa shape index (κ2) is 5.17. The first kappa shape index (κ1) is 11.9. The topological polar surface area (TPSA) is 24.9 Å². The SMILES string of the molecule is CCC(CC)Nc1cccc2ccc(C)nc12. The average Bonchev–Trinajstić information content (AvgIpc) is 2.36. The molecule has 0 radical (unpaired) electrons. The predicted molar refractivity (Wildman–Crippen MR) is 74.5 cm³/mol. The van der Waals surface area contributed by atoms with Crippen molar-refractivity contribution in [2.24, 2.45) is 0 Å². The molecule has 0 atom stereocenters. The van der Waals surface area contributed by atoms with Crippen LogP contribution in [-0.2, 0) is 0 Å². The van der Waals surface area contributed by atoms with Crippen molar-refractivity contribution in [1.82, 2.24) is 4.98 Å². The van der Waals surface area contributed by atoms with Gasteiger partial charge in [-0.1, -0.05) is 32.0 Å². The number of nitrogens with zero attached hydrogens (tertiary/aromatic N) is 1. The molecule has 0 fully saturated rings. The summed E-state index contributed by atoms with van der Waals surface area (Å²) in [5.41, 5.74) is 3.30. The van der Waals surface area contributed by atoms with Gasteiger partial charge >= 0.3 is 0 Å². The summed E-state index contributed by atoms with van der Waals surface area (Å²) in [5.74, 6) is 0. The van der Waals surface area contributed by atoms with Crippen LogP contribution in [0, 0.1) is 6.92 Å². The quantitative estimate of drug-likeness (QED) is 0.850. The third-order valence-corrected chi connectivity index (χ3v) is 3.20. The lowest BCUT2D eigenvalue weighted by molar-refractivity contribution is 0.672. The Hall–Kier alpha value is -1.57. The van der Waals surface area contributed by atoms with E-state index in [9.17, 15) is 0 Å². The third-order valence-electron chi connectivity index (χ3n) is 3.20. The summed E-state index contributed by atoms with van der Waals surface area (Å²) >= 11 is 0. The van der Waals surface area contributed by atoms with Crippen molar-refractivity contribution in [2.75, 3.05) is 5.32 Å². The van der Waals surface area contributed by atoms with Crippen molar-refractivity contribution in [2.45, 2.75) is 39.7 Å². The average molecular weight is 228 g/mol. The number of aryl methyl sites for hydroxylation is 1. The number of aromatic nitrogens is 1. The lowest BCUT2D eigenvalue weighted by Gasteiger charge is -2.17. The van der Waals surface area contributed by atoms with Crippen LogP contribution < -0.4 is 5.32 Å². The van der Waals surface area contributed by atoms with Gasteiger partial charge < -0.3 is 5.32 Å². The van der Waals surface area contributed by atoms with Crippen molar-refractivity contribution in [3.05, 3.63) is 36.0 Å². The molecule has 0 bridgehead atoms. The Bertz CT molecular complexity index is 501. The van der Waals surface area contributed by atoms with E-state index in [2.05, 4.69) is 54.5 Å². The first-order valence-corrected chi connectivity index (χ1v) is 6.37. The lowest BCUT2D eigenvalue weighted by atomic mass is 10.1. The summed E-state index contributed by atoms with van der Waals surface area (Å²) in [6.45, 7) is 6.46. The van der Waals surface area contributed by atoms with Gasteiger partial charge in [-0.25, -0.2) is 0 Å². The standard InChI is InChI=1S/C15H20N2/c1-4-13(5-2)17-14-8-6-7-12-10-9-11(3)16-15(12)14/h6-10,13,17H,4-5H2,1-3H3. The normalized spacial score (nSPS) is 11.1. The third kappa shape index (κ3) is 2.57. The molecule has 2 rings (SSSR count). The predicted octanol–water partition coefficient (Wildman–Crippen LogP) is 4.14. The minimum Gasteiger partial charge on any atom is -0.381 e. The summed E-state index contributed by atoms with van der Waals surface area (Å²) in [5, 5.41) is 4.79. The van der Waals surface area contributed by atoms with Crippen LogP contribution in [0.25, 0.3) is 10.9 Å². The zero-order chi connectivity index (χ0) is 12.3. The molecule has 0 aliphatic rings. The first-order valence-electron chi connectivity index (χ1n) is 6.37. The molecule has 1 N–H and O–H groups in total. The smallest absolute Gasteiger partial charge is 0.0936 e. The summed E-state index contributed by atoms with van der Waals surface area (Å²) in [6, 6.07) is 11.0. The van der Waals surface area contributed by atoms with E-state index in [1.807, 2.05) is 6.92 Å². The highest BCUT2D eigenvalue weighted by Gasteiger charge is 2.07. The Morgan fingerprint density at radius 2 is 1.88 bits per heavy atom. The summed E-state index contributed by atoms with van der Waals surface area (Å²) in [4.78, 5) is 4.63. The molecule has 2 heteroatoms. The molecule has 0 aliphatic carbocycles. The minimum absolute atomic E-state index is 0.530. The number of fused-ring (bicyclic) bond motifs is 1. The van der Waals surface area contributed by atoms with E-state index < -0.39 is 0 Å².